The normalized spacial score (nSPS) is 10.4. The predicted molar refractivity (Wildman–Crippen MR) is 89.1 cm³/mol. The van der Waals surface area contributed by atoms with Gasteiger partial charge in [-0.05, 0) is 30.2 Å². The molecule has 2 aromatic heterocycles. The number of hydrogen-bond acceptors (Lipinski definition) is 5. The predicted octanol–water partition coefficient (Wildman–Crippen LogP) is 2.24. The lowest BCUT2D eigenvalue weighted by atomic mass is 10.1. The van der Waals surface area contributed by atoms with Gasteiger partial charge in [-0.15, -0.1) is 0 Å². The lowest BCUT2D eigenvalue weighted by Crippen LogP contribution is -2.21. The summed E-state index contributed by atoms with van der Waals surface area (Å²) in [5, 5.41) is 6.82. The lowest BCUT2D eigenvalue weighted by molar-refractivity contribution is -0.118. The Balaban J connectivity index is 1.68. The smallest absolute Gasteiger partial charge is 0.262 e. The van der Waals surface area contributed by atoms with E-state index in [-0.39, 0.29) is 12.5 Å². The molecule has 0 unspecified atom stereocenters. The van der Waals surface area contributed by atoms with Gasteiger partial charge >= 0.3 is 0 Å². The Bertz CT molecular complexity index is 817. The van der Waals surface area contributed by atoms with E-state index < -0.39 is 0 Å². The summed E-state index contributed by atoms with van der Waals surface area (Å²) in [4.78, 5) is 20.3. The van der Waals surface area contributed by atoms with E-state index in [4.69, 9.17) is 4.74 Å². The van der Waals surface area contributed by atoms with E-state index in [1.54, 1.807) is 18.3 Å². The first-order valence-electron chi connectivity index (χ1n) is 7.58. The molecule has 24 heavy (non-hydrogen) atoms. The van der Waals surface area contributed by atoms with Gasteiger partial charge in [-0.3, -0.25) is 4.79 Å². The fourth-order valence-corrected chi connectivity index (χ4v) is 2.26. The van der Waals surface area contributed by atoms with Crippen molar-refractivity contribution in [2.45, 2.75) is 13.3 Å². The average molecular weight is 323 g/mol. The highest BCUT2D eigenvalue weighted by Gasteiger charge is 2.11. The molecule has 1 aromatic carbocycles. The van der Waals surface area contributed by atoms with Crippen molar-refractivity contribution in [3.8, 4) is 11.6 Å². The number of rotatable bonds is 6. The van der Waals surface area contributed by atoms with Crippen LogP contribution in [0.15, 0.2) is 55.2 Å². The van der Waals surface area contributed by atoms with Gasteiger partial charge in [-0.1, -0.05) is 25.1 Å². The molecule has 7 nitrogen and oxygen atoms in total. The summed E-state index contributed by atoms with van der Waals surface area (Å²) < 4.78 is 7.11. The number of hydrogen-bond donors (Lipinski definition) is 1. The van der Waals surface area contributed by atoms with Crippen LogP contribution in [0.4, 0.5) is 5.69 Å². The van der Waals surface area contributed by atoms with E-state index in [1.165, 1.54) is 17.3 Å². The molecule has 2 heterocycles. The third-order valence-electron chi connectivity index (χ3n) is 3.41. The number of ether oxygens (including phenoxy) is 1. The maximum absolute atomic E-state index is 12.2. The first-order chi connectivity index (χ1) is 11.8. The summed E-state index contributed by atoms with van der Waals surface area (Å²) in [6, 6.07) is 11.2. The van der Waals surface area contributed by atoms with Crippen molar-refractivity contribution in [1.29, 1.82) is 0 Å². The lowest BCUT2D eigenvalue weighted by Gasteiger charge is -2.12. The highest BCUT2D eigenvalue weighted by molar-refractivity contribution is 5.93. The monoisotopic (exact) mass is 323 g/mol. The highest BCUT2D eigenvalue weighted by Crippen LogP contribution is 2.19. The van der Waals surface area contributed by atoms with Crippen molar-refractivity contribution < 1.29 is 9.53 Å². The largest absolute Gasteiger partial charge is 0.483 e. The molecule has 0 atom stereocenters. The molecule has 0 radical (unpaired) electrons. The van der Waals surface area contributed by atoms with E-state index in [9.17, 15) is 4.79 Å². The van der Waals surface area contributed by atoms with E-state index >= 15 is 0 Å². The van der Waals surface area contributed by atoms with E-state index in [2.05, 4.69) is 20.4 Å². The van der Waals surface area contributed by atoms with Crippen LogP contribution in [0.1, 0.15) is 12.5 Å². The first kappa shape index (κ1) is 15.7. The van der Waals surface area contributed by atoms with Crippen LogP contribution in [0.3, 0.4) is 0 Å². The molecule has 3 rings (SSSR count). The third-order valence-corrected chi connectivity index (χ3v) is 3.41. The van der Waals surface area contributed by atoms with Gasteiger partial charge < -0.3 is 10.1 Å². The van der Waals surface area contributed by atoms with E-state index in [0.29, 0.717) is 11.5 Å². The minimum absolute atomic E-state index is 0.0807. The Hall–Kier alpha value is -3.22. The van der Waals surface area contributed by atoms with Gasteiger partial charge in [0.2, 0.25) is 0 Å². The Labute approximate surface area is 139 Å². The molecular weight excluding hydrogens is 306 g/mol. The molecule has 0 aliphatic rings. The maximum atomic E-state index is 12.2. The number of nitrogens with one attached hydrogen (secondary N) is 1. The molecule has 3 aromatic rings. The molecule has 1 amide bonds. The fourth-order valence-electron chi connectivity index (χ4n) is 2.26. The number of pyridine rings is 1. The van der Waals surface area contributed by atoms with Crippen molar-refractivity contribution in [3.63, 3.8) is 0 Å². The first-order valence-corrected chi connectivity index (χ1v) is 7.58. The van der Waals surface area contributed by atoms with Gasteiger partial charge in [-0.25, -0.2) is 14.6 Å². The van der Waals surface area contributed by atoms with Gasteiger partial charge in [0.1, 0.15) is 18.4 Å². The van der Waals surface area contributed by atoms with Gasteiger partial charge in [0.05, 0.1) is 5.69 Å². The molecule has 0 spiro atoms. The van der Waals surface area contributed by atoms with Crippen LogP contribution in [0, 0.1) is 0 Å². The zero-order valence-electron chi connectivity index (χ0n) is 13.2. The summed E-state index contributed by atoms with van der Waals surface area (Å²) in [5.74, 6) is 0.949. The number of carbonyl (C=O) groups is 1. The van der Waals surface area contributed by atoms with Crippen LogP contribution in [0.2, 0.25) is 0 Å². The Morgan fingerprint density at radius 2 is 2.12 bits per heavy atom. The van der Waals surface area contributed by atoms with Gasteiger partial charge in [0.15, 0.2) is 12.4 Å². The molecule has 0 saturated carbocycles. The molecule has 0 fully saturated rings. The SMILES string of the molecule is CCc1ccccc1OCC(=O)Nc1cccnc1-n1cncn1. The number of carbonyl (C=O) groups excluding carboxylic acids is 1. The van der Waals surface area contributed by atoms with Crippen LogP contribution < -0.4 is 10.1 Å². The Kier molecular flexibility index (Phi) is 4.81. The van der Waals surface area contributed by atoms with Crippen molar-refractivity contribution >= 4 is 11.6 Å². The van der Waals surface area contributed by atoms with E-state index in [0.717, 1.165) is 17.7 Å². The Morgan fingerprint density at radius 3 is 2.92 bits per heavy atom. The second-order valence-electron chi connectivity index (χ2n) is 5.01. The summed E-state index contributed by atoms with van der Waals surface area (Å²) in [6.07, 6.45) is 5.40. The summed E-state index contributed by atoms with van der Waals surface area (Å²) in [6.45, 7) is 1.96. The summed E-state index contributed by atoms with van der Waals surface area (Å²) in [5.41, 5.74) is 1.61. The highest BCUT2D eigenvalue weighted by atomic mass is 16.5. The minimum atomic E-state index is -0.268. The summed E-state index contributed by atoms with van der Waals surface area (Å²) >= 11 is 0. The zero-order chi connectivity index (χ0) is 16.8. The van der Waals surface area contributed by atoms with Crippen molar-refractivity contribution in [2.24, 2.45) is 0 Å². The topological polar surface area (TPSA) is 81.9 Å². The molecule has 0 bridgehead atoms. The van der Waals surface area contributed by atoms with Crippen molar-refractivity contribution in [3.05, 3.63) is 60.8 Å². The van der Waals surface area contributed by atoms with Crippen LogP contribution in [0.5, 0.6) is 5.75 Å². The van der Waals surface area contributed by atoms with Gasteiger partial charge in [-0.2, -0.15) is 5.10 Å². The molecule has 0 saturated heterocycles. The summed E-state index contributed by atoms with van der Waals surface area (Å²) in [7, 11) is 0. The second kappa shape index (κ2) is 7.36. The number of aromatic nitrogens is 4. The molecule has 0 aliphatic heterocycles. The zero-order valence-corrected chi connectivity index (χ0v) is 13.2. The number of aryl methyl sites for hydroxylation is 1. The quantitative estimate of drug-likeness (QED) is 0.752. The molecule has 1 N–H and O–H groups in total. The van der Waals surface area contributed by atoms with Crippen LogP contribution >= 0.6 is 0 Å². The van der Waals surface area contributed by atoms with Gasteiger partial charge in [0, 0.05) is 6.20 Å². The second-order valence-corrected chi connectivity index (χ2v) is 5.01. The standard InChI is InChI=1S/C17H17N5O2/c1-2-13-6-3-4-8-15(13)24-10-16(23)21-14-7-5-9-19-17(14)22-12-18-11-20-22/h3-9,11-12H,2,10H2,1H3,(H,21,23). The van der Waals surface area contributed by atoms with Crippen molar-refractivity contribution in [2.75, 3.05) is 11.9 Å². The van der Waals surface area contributed by atoms with E-state index in [1.807, 2.05) is 31.2 Å². The van der Waals surface area contributed by atoms with Crippen LogP contribution in [-0.4, -0.2) is 32.3 Å². The number of anilines is 1. The molecular formula is C17H17N5O2. The average Bonchev–Trinajstić information content (AvgIpc) is 3.15. The number of para-hydroxylation sites is 1. The number of benzene rings is 1. The maximum Gasteiger partial charge on any atom is 0.262 e. The van der Waals surface area contributed by atoms with Crippen LogP contribution in [0.25, 0.3) is 5.82 Å². The minimum Gasteiger partial charge on any atom is -0.483 e. The van der Waals surface area contributed by atoms with Crippen molar-refractivity contribution in [1.82, 2.24) is 19.7 Å². The molecule has 7 heteroatoms. The number of nitrogens with zero attached hydrogens (tertiary/aromatic N) is 4. The molecule has 122 valence electrons. The fraction of sp³-hybridized carbons (Fsp3) is 0.176. The van der Waals surface area contributed by atoms with Gasteiger partial charge in [0.25, 0.3) is 5.91 Å². The van der Waals surface area contributed by atoms with Crippen LogP contribution in [-0.2, 0) is 11.2 Å². The molecule has 0 aliphatic carbocycles. The Morgan fingerprint density at radius 1 is 1.25 bits per heavy atom. The number of amides is 1. The third kappa shape index (κ3) is 3.57.